The van der Waals surface area contributed by atoms with E-state index in [-0.39, 0.29) is 6.03 Å². The second-order valence-electron chi connectivity index (χ2n) is 4.76. The molecule has 0 aliphatic carbocycles. The number of para-hydroxylation sites is 1. The Balaban J connectivity index is 1.47. The molecule has 108 valence electrons. The second-order valence-corrected chi connectivity index (χ2v) is 4.76. The van der Waals surface area contributed by atoms with Crippen molar-refractivity contribution in [1.29, 1.82) is 0 Å². The first-order valence-electron chi connectivity index (χ1n) is 6.99. The third kappa shape index (κ3) is 3.10. The van der Waals surface area contributed by atoms with E-state index in [1.165, 1.54) is 5.56 Å². The van der Waals surface area contributed by atoms with E-state index in [1.807, 2.05) is 18.2 Å². The van der Waals surface area contributed by atoms with Crippen LogP contribution in [-0.2, 0) is 6.42 Å². The average molecular weight is 283 g/mol. The topological polar surface area (TPSA) is 70.1 Å². The zero-order valence-electron chi connectivity index (χ0n) is 11.6. The summed E-state index contributed by atoms with van der Waals surface area (Å²) in [6.07, 6.45) is 4.27. The number of carbonyl (C=O) groups is 1. The summed E-state index contributed by atoms with van der Waals surface area (Å²) in [4.78, 5) is 22.1. The van der Waals surface area contributed by atoms with Gasteiger partial charge in [0.25, 0.3) is 0 Å². The minimum absolute atomic E-state index is 0.0595. The summed E-state index contributed by atoms with van der Waals surface area (Å²) in [5.74, 6) is 0.568. The number of urea groups is 1. The van der Waals surface area contributed by atoms with Crippen molar-refractivity contribution in [3.63, 3.8) is 0 Å². The lowest BCUT2D eigenvalue weighted by molar-refractivity contribution is 0.247. The zero-order valence-corrected chi connectivity index (χ0v) is 11.6. The van der Waals surface area contributed by atoms with E-state index in [2.05, 4.69) is 26.7 Å². The van der Waals surface area contributed by atoms with E-state index in [0.717, 1.165) is 18.7 Å². The van der Waals surface area contributed by atoms with Gasteiger partial charge in [0.1, 0.15) is 0 Å². The molecule has 2 amide bonds. The van der Waals surface area contributed by atoms with Crippen LogP contribution in [0.4, 0.5) is 16.4 Å². The molecule has 2 aromatic rings. The van der Waals surface area contributed by atoms with Gasteiger partial charge in [0, 0.05) is 37.7 Å². The molecule has 0 saturated heterocycles. The van der Waals surface area contributed by atoms with E-state index in [0.29, 0.717) is 19.0 Å². The number of nitrogens with zero attached hydrogens (tertiary/aromatic N) is 3. The summed E-state index contributed by atoms with van der Waals surface area (Å²) in [6, 6.07) is 9.71. The Morgan fingerprint density at radius 2 is 1.95 bits per heavy atom. The molecule has 2 N–H and O–H groups in total. The van der Waals surface area contributed by atoms with E-state index in [9.17, 15) is 4.79 Å². The fourth-order valence-corrected chi connectivity index (χ4v) is 2.38. The molecule has 0 radical (unpaired) electrons. The lowest BCUT2D eigenvalue weighted by Crippen LogP contribution is -2.40. The molecular weight excluding hydrogens is 266 g/mol. The van der Waals surface area contributed by atoms with Gasteiger partial charge in [0.15, 0.2) is 0 Å². The number of rotatable bonds is 4. The number of amides is 2. The van der Waals surface area contributed by atoms with Crippen LogP contribution in [0.15, 0.2) is 42.7 Å². The Bertz CT molecular complexity index is 616. The molecule has 1 aromatic carbocycles. The minimum Gasteiger partial charge on any atom is -0.352 e. The summed E-state index contributed by atoms with van der Waals surface area (Å²) >= 11 is 0. The monoisotopic (exact) mass is 283 g/mol. The molecule has 21 heavy (non-hydrogen) atoms. The second kappa shape index (κ2) is 6.21. The number of hydrogen-bond acceptors (Lipinski definition) is 4. The molecule has 0 fully saturated rings. The van der Waals surface area contributed by atoms with Gasteiger partial charge in [-0.25, -0.2) is 14.8 Å². The maximum Gasteiger partial charge on any atom is 0.321 e. The van der Waals surface area contributed by atoms with E-state index >= 15 is 0 Å². The summed E-state index contributed by atoms with van der Waals surface area (Å²) in [7, 11) is 0. The van der Waals surface area contributed by atoms with E-state index < -0.39 is 0 Å². The van der Waals surface area contributed by atoms with Gasteiger partial charge >= 0.3 is 6.03 Å². The number of hydrogen-bond donors (Lipinski definition) is 2. The van der Waals surface area contributed by atoms with Gasteiger partial charge in [-0.05, 0) is 24.1 Å². The van der Waals surface area contributed by atoms with Crippen LogP contribution >= 0.6 is 0 Å². The molecule has 0 bridgehead atoms. The third-order valence-corrected chi connectivity index (χ3v) is 3.38. The molecule has 0 unspecified atom stereocenters. The number of carbonyl (C=O) groups excluding carboxylic acids is 1. The van der Waals surface area contributed by atoms with Crippen LogP contribution in [0.1, 0.15) is 5.56 Å². The summed E-state index contributed by atoms with van der Waals surface area (Å²) in [5, 5.41) is 5.96. The molecule has 0 atom stereocenters. The number of benzene rings is 1. The Morgan fingerprint density at radius 3 is 2.81 bits per heavy atom. The molecule has 2 heterocycles. The zero-order chi connectivity index (χ0) is 14.5. The van der Waals surface area contributed by atoms with Crippen LogP contribution in [0.5, 0.6) is 0 Å². The van der Waals surface area contributed by atoms with E-state index in [4.69, 9.17) is 0 Å². The van der Waals surface area contributed by atoms with Crippen LogP contribution in [0, 0.1) is 0 Å². The van der Waals surface area contributed by atoms with E-state index in [1.54, 1.807) is 23.4 Å². The molecule has 0 saturated carbocycles. The molecule has 1 aliphatic rings. The average Bonchev–Trinajstić information content (AvgIpc) is 2.96. The summed E-state index contributed by atoms with van der Waals surface area (Å²) in [6.45, 7) is 1.85. The quantitative estimate of drug-likeness (QED) is 0.837. The predicted molar refractivity (Wildman–Crippen MR) is 81.4 cm³/mol. The van der Waals surface area contributed by atoms with Crippen LogP contribution in [-0.4, -0.2) is 35.6 Å². The maximum atomic E-state index is 12.2. The Hall–Kier alpha value is -2.63. The largest absolute Gasteiger partial charge is 0.352 e. The van der Waals surface area contributed by atoms with Crippen molar-refractivity contribution in [2.24, 2.45) is 0 Å². The van der Waals surface area contributed by atoms with Crippen molar-refractivity contribution in [3.05, 3.63) is 48.3 Å². The number of nitrogens with one attached hydrogen (secondary N) is 2. The summed E-state index contributed by atoms with van der Waals surface area (Å²) in [5.41, 5.74) is 2.23. The van der Waals surface area contributed by atoms with Crippen LogP contribution in [0.25, 0.3) is 0 Å². The highest BCUT2D eigenvalue weighted by molar-refractivity contribution is 5.94. The Kier molecular flexibility index (Phi) is 3.95. The first-order chi connectivity index (χ1) is 10.3. The normalized spacial score (nSPS) is 12.9. The van der Waals surface area contributed by atoms with Crippen molar-refractivity contribution >= 4 is 17.7 Å². The molecule has 1 aromatic heterocycles. The Morgan fingerprint density at radius 1 is 1.14 bits per heavy atom. The lowest BCUT2D eigenvalue weighted by atomic mass is 10.2. The van der Waals surface area contributed by atoms with Crippen molar-refractivity contribution in [3.8, 4) is 0 Å². The minimum atomic E-state index is -0.0595. The van der Waals surface area contributed by atoms with Crippen molar-refractivity contribution in [2.45, 2.75) is 6.42 Å². The first kappa shape index (κ1) is 13.4. The maximum absolute atomic E-state index is 12.2. The molecule has 1 aliphatic heterocycles. The lowest BCUT2D eigenvalue weighted by Gasteiger charge is -2.18. The Labute approximate surface area is 123 Å². The van der Waals surface area contributed by atoms with Crippen molar-refractivity contribution in [2.75, 3.05) is 29.9 Å². The highest BCUT2D eigenvalue weighted by Gasteiger charge is 2.23. The van der Waals surface area contributed by atoms with Gasteiger partial charge in [-0.2, -0.15) is 0 Å². The van der Waals surface area contributed by atoms with Crippen molar-refractivity contribution in [1.82, 2.24) is 15.3 Å². The number of aromatic nitrogens is 2. The van der Waals surface area contributed by atoms with Crippen LogP contribution < -0.4 is 15.5 Å². The molecular formula is C15H17N5O. The number of fused-ring (bicyclic) bond motifs is 1. The fraction of sp³-hybridized carbons (Fsp3) is 0.267. The fourth-order valence-electron chi connectivity index (χ4n) is 2.38. The predicted octanol–water partition coefficient (Wildman–Crippen LogP) is 1.66. The standard InChI is InChI=1S/C15H17N5O/c21-15(19-10-9-18-14-16-7-3-8-17-14)20-11-6-12-4-1-2-5-13(12)20/h1-5,7-8H,6,9-11H2,(H,19,21)(H,16,17,18). The van der Waals surface area contributed by atoms with Gasteiger partial charge < -0.3 is 10.6 Å². The highest BCUT2D eigenvalue weighted by Crippen LogP contribution is 2.27. The van der Waals surface area contributed by atoms with Gasteiger partial charge in [0.05, 0.1) is 0 Å². The van der Waals surface area contributed by atoms with Gasteiger partial charge in [-0.1, -0.05) is 18.2 Å². The molecule has 6 heteroatoms. The third-order valence-electron chi connectivity index (χ3n) is 3.38. The first-order valence-corrected chi connectivity index (χ1v) is 6.99. The van der Waals surface area contributed by atoms with Gasteiger partial charge in [-0.3, -0.25) is 4.90 Å². The van der Waals surface area contributed by atoms with Crippen LogP contribution in [0.2, 0.25) is 0 Å². The summed E-state index contributed by atoms with van der Waals surface area (Å²) < 4.78 is 0. The van der Waals surface area contributed by atoms with Crippen LogP contribution in [0.3, 0.4) is 0 Å². The smallest absolute Gasteiger partial charge is 0.321 e. The highest BCUT2D eigenvalue weighted by atomic mass is 16.2. The van der Waals surface area contributed by atoms with Gasteiger partial charge in [-0.15, -0.1) is 0 Å². The molecule has 6 nitrogen and oxygen atoms in total. The molecule has 3 rings (SSSR count). The van der Waals surface area contributed by atoms with Gasteiger partial charge in [0.2, 0.25) is 5.95 Å². The SMILES string of the molecule is O=C(NCCNc1ncccn1)N1CCc2ccccc21. The molecule has 0 spiro atoms. The van der Waals surface area contributed by atoms with Crippen molar-refractivity contribution < 1.29 is 4.79 Å². The number of anilines is 2.